The molecule has 0 spiro atoms. The Morgan fingerprint density at radius 1 is 1.07 bits per heavy atom. The Bertz CT molecular complexity index is 814. The topological polar surface area (TPSA) is 20.3 Å². The van der Waals surface area contributed by atoms with E-state index in [1.54, 1.807) is 11.8 Å². The van der Waals surface area contributed by atoms with Crippen LogP contribution in [0.4, 0.5) is 8.78 Å². The summed E-state index contributed by atoms with van der Waals surface area (Å²) in [7, 11) is 0. The molecule has 2 aromatic carbocycles. The number of nitrogens with zero attached hydrogens (tertiary/aromatic N) is 1. The molecule has 0 aliphatic carbocycles. The summed E-state index contributed by atoms with van der Waals surface area (Å²) in [6.45, 7) is 7.57. The van der Waals surface area contributed by atoms with Gasteiger partial charge in [-0.25, -0.2) is 8.78 Å². The molecule has 5 heteroatoms. The molecule has 2 aromatic rings. The Morgan fingerprint density at radius 3 is 2.44 bits per heavy atom. The van der Waals surface area contributed by atoms with Gasteiger partial charge in [0.2, 0.25) is 0 Å². The van der Waals surface area contributed by atoms with Gasteiger partial charge in [0.05, 0.1) is 0 Å². The van der Waals surface area contributed by atoms with Gasteiger partial charge < -0.3 is 4.90 Å². The van der Waals surface area contributed by atoms with Gasteiger partial charge in [0.15, 0.2) is 0 Å². The molecule has 1 amide bonds. The Morgan fingerprint density at radius 2 is 1.78 bits per heavy atom. The van der Waals surface area contributed by atoms with Gasteiger partial charge in [0, 0.05) is 35.2 Å². The van der Waals surface area contributed by atoms with E-state index < -0.39 is 5.82 Å². The van der Waals surface area contributed by atoms with Gasteiger partial charge in [-0.05, 0) is 47.7 Å². The molecule has 0 saturated carbocycles. The SMILES string of the molecule is CC(C)(C)c1ccc(C(=O)N2CCSC(c3cc(F)ccc3F)CC2)cc1. The molecule has 1 aliphatic rings. The van der Waals surface area contributed by atoms with Crippen LogP contribution in [0.2, 0.25) is 0 Å². The average Bonchev–Trinajstić information content (AvgIpc) is 2.88. The van der Waals surface area contributed by atoms with E-state index in [9.17, 15) is 13.6 Å². The summed E-state index contributed by atoms with van der Waals surface area (Å²) < 4.78 is 27.6. The number of amides is 1. The Hall–Kier alpha value is -1.88. The lowest BCUT2D eigenvalue weighted by atomic mass is 9.86. The summed E-state index contributed by atoms with van der Waals surface area (Å²) in [5.41, 5.74) is 2.29. The maximum absolute atomic E-state index is 14.1. The number of carbonyl (C=O) groups is 1. The van der Waals surface area contributed by atoms with Crippen LogP contribution in [-0.4, -0.2) is 29.6 Å². The molecule has 1 saturated heterocycles. The summed E-state index contributed by atoms with van der Waals surface area (Å²) in [5, 5.41) is -0.137. The first-order valence-electron chi connectivity index (χ1n) is 9.22. The van der Waals surface area contributed by atoms with Crippen molar-refractivity contribution in [1.82, 2.24) is 4.90 Å². The summed E-state index contributed by atoms with van der Waals surface area (Å²) in [6.07, 6.45) is 0.608. The average molecular weight is 390 g/mol. The number of halogens is 2. The summed E-state index contributed by atoms with van der Waals surface area (Å²) >= 11 is 1.58. The second kappa shape index (κ2) is 8.01. The molecule has 3 rings (SSSR count). The maximum atomic E-state index is 14.1. The predicted octanol–water partition coefficient (Wildman–Crippen LogP) is 5.58. The predicted molar refractivity (Wildman–Crippen MR) is 107 cm³/mol. The van der Waals surface area contributed by atoms with Gasteiger partial charge in [0.1, 0.15) is 11.6 Å². The van der Waals surface area contributed by atoms with Crippen molar-refractivity contribution < 1.29 is 13.6 Å². The van der Waals surface area contributed by atoms with E-state index in [-0.39, 0.29) is 22.4 Å². The molecule has 1 heterocycles. The van der Waals surface area contributed by atoms with Gasteiger partial charge in [-0.15, -0.1) is 0 Å². The normalized spacial score (nSPS) is 18.3. The van der Waals surface area contributed by atoms with Crippen LogP contribution in [0.3, 0.4) is 0 Å². The van der Waals surface area contributed by atoms with Crippen molar-refractivity contribution >= 4 is 17.7 Å². The minimum absolute atomic E-state index is 0.00331. The van der Waals surface area contributed by atoms with E-state index in [4.69, 9.17) is 0 Å². The second-order valence-electron chi connectivity index (χ2n) is 7.93. The van der Waals surface area contributed by atoms with E-state index in [1.807, 2.05) is 29.2 Å². The lowest BCUT2D eigenvalue weighted by molar-refractivity contribution is 0.0766. The zero-order chi connectivity index (χ0) is 19.6. The molecule has 2 nitrogen and oxygen atoms in total. The molecule has 27 heavy (non-hydrogen) atoms. The molecule has 144 valence electrons. The third-order valence-corrected chi connectivity index (χ3v) is 6.24. The minimum Gasteiger partial charge on any atom is -0.338 e. The molecule has 0 aromatic heterocycles. The first-order valence-corrected chi connectivity index (χ1v) is 10.3. The van der Waals surface area contributed by atoms with Crippen LogP contribution in [0.15, 0.2) is 42.5 Å². The van der Waals surface area contributed by atoms with Crippen LogP contribution in [0.25, 0.3) is 0 Å². The molecule has 1 unspecified atom stereocenters. The number of thioether (sulfide) groups is 1. The standard InChI is InChI=1S/C22H25F2NOS/c1-22(2,3)16-6-4-15(5-7-16)21(26)25-11-10-20(27-13-12-25)18-14-17(23)8-9-19(18)24/h4-9,14,20H,10-13H2,1-3H3. The van der Waals surface area contributed by atoms with Crippen LogP contribution in [-0.2, 0) is 5.41 Å². The lowest BCUT2D eigenvalue weighted by Crippen LogP contribution is -2.33. The van der Waals surface area contributed by atoms with E-state index in [0.29, 0.717) is 36.4 Å². The number of rotatable bonds is 2. The first-order chi connectivity index (χ1) is 12.8. The quantitative estimate of drug-likeness (QED) is 0.668. The third-order valence-electron chi connectivity index (χ3n) is 4.93. The van der Waals surface area contributed by atoms with E-state index >= 15 is 0 Å². The molecule has 1 fully saturated rings. The Balaban J connectivity index is 1.70. The highest BCUT2D eigenvalue weighted by molar-refractivity contribution is 7.99. The fraction of sp³-hybridized carbons (Fsp3) is 0.409. The highest BCUT2D eigenvalue weighted by Gasteiger charge is 2.25. The molecule has 0 bridgehead atoms. The first kappa shape index (κ1) is 19.9. The fourth-order valence-electron chi connectivity index (χ4n) is 3.28. The van der Waals surface area contributed by atoms with Crippen LogP contribution < -0.4 is 0 Å². The number of hydrogen-bond donors (Lipinski definition) is 0. The van der Waals surface area contributed by atoms with Crippen LogP contribution >= 0.6 is 11.8 Å². The van der Waals surface area contributed by atoms with Crippen molar-refractivity contribution in [2.45, 2.75) is 37.9 Å². The molecule has 1 aliphatic heterocycles. The molecule has 1 atom stereocenters. The van der Waals surface area contributed by atoms with Gasteiger partial charge in [0.25, 0.3) is 5.91 Å². The second-order valence-corrected chi connectivity index (χ2v) is 9.24. The number of benzene rings is 2. The van der Waals surface area contributed by atoms with E-state index in [1.165, 1.54) is 17.7 Å². The smallest absolute Gasteiger partial charge is 0.253 e. The summed E-state index contributed by atoms with van der Waals surface area (Å²) in [6, 6.07) is 11.4. The summed E-state index contributed by atoms with van der Waals surface area (Å²) in [4.78, 5) is 14.7. The van der Waals surface area contributed by atoms with Crippen molar-refractivity contribution in [3.05, 3.63) is 70.8 Å². The molecule has 0 radical (unpaired) electrons. The van der Waals surface area contributed by atoms with Crippen molar-refractivity contribution in [1.29, 1.82) is 0 Å². The zero-order valence-electron chi connectivity index (χ0n) is 16.0. The largest absolute Gasteiger partial charge is 0.338 e. The maximum Gasteiger partial charge on any atom is 0.253 e. The molecule has 0 N–H and O–H groups in total. The van der Waals surface area contributed by atoms with Crippen LogP contribution in [0.1, 0.15) is 53.9 Å². The van der Waals surface area contributed by atoms with Gasteiger partial charge in [-0.2, -0.15) is 11.8 Å². The van der Waals surface area contributed by atoms with Crippen molar-refractivity contribution in [2.75, 3.05) is 18.8 Å². The van der Waals surface area contributed by atoms with Crippen LogP contribution in [0.5, 0.6) is 0 Å². The van der Waals surface area contributed by atoms with Crippen molar-refractivity contribution in [2.24, 2.45) is 0 Å². The highest BCUT2D eigenvalue weighted by atomic mass is 32.2. The highest BCUT2D eigenvalue weighted by Crippen LogP contribution is 2.36. The molecular formula is C22H25F2NOS. The molecular weight excluding hydrogens is 364 g/mol. The number of hydrogen-bond acceptors (Lipinski definition) is 2. The van der Waals surface area contributed by atoms with Crippen molar-refractivity contribution in [3.8, 4) is 0 Å². The van der Waals surface area contributed by atoms with E-state index in [2.05, 4.69) is 20.8 Å². The van der Waals surface area contributed by atoms with Crippen molar-refractivity contribution in [3.63, 3.8) is 0 Å². The van der Waals surface area contributed by atoms with Gasteiger partial charge in [-0.3, -0.25) is 4.79 Å². The lowest BCUT2D eigenvalue weighted by Gasteiger charge is -2.22. The van der Waals surface area contributed by atoms with Gasteiger partial charge >= 0.3 is 0 Å². The Kier molecular flexibility index (Phi) is 5.89. The third kappa shape index (κ3) is 4.70. The fourth-order valence-corrected chi connectivity index (χ4v) is 4.52. The van der Waals surface area contributed by atoms with Gasteiger partial charge in [-0.1, -0.05) is 32.9 Å². The van der Waals surface area contributed by atoms with Crippen LogP contribution in [0, 0.1) is 11.6 Å². The zero-order valence-corrected chi connectivity index (χ0v) is 16.8. The summed E-state index contributed by atoms with van der Waals surface area (Å²) in [5.74, 6) is -0.113. The minimum atomic E-state index is -0.428. The van der Waals surface area contributed by atoms with E-state index in [0.717, 1.165) is 6.07 Å². The Labute approximate surface area is 164 Å². The monoisotopic (exact) mass is 389 g/mol. The number of carbonyl (C=O) groups excluding carboxylic acids is 1.